The molecule has 20 heavy (non-hydrogen) atoms. The molecular formula is C14H20BrNO3S. The Labute approximate surface area is 129 Å². The SMILES string of the molecule is CCS(=O)(=O)CCCNCc1cc(Br)cc2c1OCC2. The second-order valence-electron chi connectivity index (χ2n) is 4.92. The highest BCUT2D eigenvalue weighted by Crippen LogP contribution is 2.32. The van der Waals surface area contributed by atoms with Crippen molar-refractivity contribution in [2.45, 2.75) is 26.3 Å². The Bertz CT molecular complexity index is 572. The molecule has 1 N–H and O–H groups in total. The minimum atomic E-state index is -2.85. The Morgan fingerprint density at radius 3 is 2.95 bits per heavy atom. The first kappa shape index (κ1) is 15.8. The van der Waals surface area contributed by atoms with Crippen molar-refractivity contribution in [3.8, 4) is 5.75 Å². The van der Waals surface area contributed by atoms with Crippen LogP contribution in [0.15, 0.2) is 16.6 Å². The van der Waals surface area contributed by atoms with Crippen molar-refractivity contribution < 1.29 is 13.2 Å². The van der Waals surface area contributed by atoms with Crippen molar-refractivity contribution in [3.05, 3.63) is 27.7 Å². The topological polar surface area (TPSA) is 55.4 Å². The molecule has 0 bridgehead atoms. The first-order chi connectivity index (χ1) is 9.52. The minimum absolute atomic E-state index is 0.222. The van der Waals surface area contributed by atoms with E-state index in [4.69, 9.17) is 4.74 Å². The fourth-order valence-corrected chi connectivity index (χ4v) is 3.69. The van der Waals surface area contributed by atoms with E-state index in [1.54, 1.807) is 6.92 Å². The standard InChI is InChI=1S/C14H20BrNO3S/c1-2-20(17,18)7-3-5-16-10-12-9-13(15)8-11-4-6-19-14(11)12/h8-9,16H,2-7,10H2,1H3. The van der Waals surface area contributed by atoms with E-state index in [1.165, 1.54) is 5.56 Å². The summed E-state index contributed by atoms with van der Waals surface area (Å²) in [5.41, 5.74) is 2.37. The minimum Gasteiger partial charge on any atom is -0.493 e. The molecule has 0 atom stereocenters. The normalized spacial score (nSPS) is 14.1. The summed E-state index contributed by atoms with van der Waals surface area (Å²) in [4.78, 5) is 0. The van der Waals surface area contributed by atoms with Crippen LogP contribution < -0.4 is 10.1 Å². The maximum absolute atomic E-state index is 11.4. The molecule has 1 heterocycles. The van der Waals surface area contributed by atoms with E-state index < -0.39 is 9.84 Å². The zero-order valence-corrected chi connectivity index (χ0v) is 14.0. The van der Waals surface area contributed by atoms with E-state index in [9.17, 15) is 8.42 Å². The van der Waals surface area contributed by atoms with E-state index in [0.717, 1.165) is 28.8 Å². The smallest absolute Gasteiger partial charge is 0.150 e. The molecule has 0 fully saturated rings. The van der Waals surface area contributed by atoms with Gasteiger partial charge in [0.05, 0.1) is 12.4 Å². The third-order valence-electron chi connectivity index (χ3n) is 3.39. The third-order valence-corrected chi connectivity index (χ3v) is 5.64. The molecule has 0 amide bonds. The predicted octanol–water partition coefficient (Wildman–Crippen LogP) is 2.30. The Balaban J connectivity index is 1.83. The van der Waals surface area contributed by atoms with Gasteiger partial charge in [-0.15, -0.1) is 0 Å². The van der Waals surface area contributed by atoms with Crippen molar-refractivity contribution >= 4 is 25.8 Å². The summed E-state index contributed by atoms with van der Waals surface area (Å²) in [7, 11) is -2.85. The van der Waals surface area contributed by atoms with Gasteiger partial charge in [-0.3, -0.25) is 0 Å². The summed E-state index contributed by atoms with van der Waals surface area (Å²) in [5.74, 6) is 1.46. The number of hydrogen-bond acceptors (Lipinski definition) is 4. The van der Waals surface area contributed by atoms with Crippen molar-refractivity contribution in [1.29, 1.82) is 0 Å². The maximum atomic E-state index is 11.4. The van der Waals surface area contributed by atoms with Crippen molar-refractivity contribution in [3.63, 3.8) is 0 Å². The van der Waals surface area contributed by atoms with Crippen LogP contribution in [0.4, 0.5) is 0 Å². The van der Waals surface area contributed by atoms with Gasteiger partial charge in [-0.25, -0.2) is 8.42 Å². The lowest BCUT2D eigenvalue weighted by molar-refractivity contribution is 0.352. The van der Waals surface area contributed by atoms with Crippen LogP contribution >= 0.6 is 15.9 Å². The summed E-state index contributed by atoms with van der Waals surface area (Å²) < 4.78 is 29.5. The molecule has 0 aliphatic carbocycles. The van der Waals surface area contributed by atoms with Gasteiger partial charge in [-0.05, 0) is 30.7 Å². The largest absolute Gasteiger partial charge is 0.493 e. The first-order valence-corrected chi connectivity index (χ1v) is 9.48. The van der Waals surface area contributed by atoms with Gasteiger partial charge >= 0.3 is 0 Å². The molecule has 1 aliphatic rings. The first-order valence-electron chi connectivity index (χ1n) is 6.87. The molecule has 0 saturated carbocycles. The van der Waals surface area contributed by atoms with Gasteiger partial charge in [-0.1, -0.05) is 22.9 Å². The van der Waals surface area contributed by atoms with Crippen LogP contribution in [-0.2, 0) is 22.8 Å². The van der Waals surface area contributed by atoms with Gasteiger partial charge in [0.15, 0.2) is 0 Å². The number of hydrogen-bond donors (Lipinski definition) is 1. The Morgan fingerprint density at radius 2 is 2.20 bits per heavy atom. The van der Waals surface area contributed by atoms with Crippen LogP contribution in [0.3, 0.4) is 0 Å². The van der Waals surface area contributed by atoms with E-state index in [1.807, 2.05) is 0 Å². The van der Waals surface area contributed by atoms with Crippen molar-refractivity contribution in [2.24, 2.45) is 0 Å². The van der Waals surface area contributed by atoms with Gasteiger partial charge in [0.1, 0.15) is 15.6 Å². The number of halogens is 1. The van der Waals surface area contributed by atoms with Crippen molar-refractivity contribution in [1.82, 2.24) is 5.32 Å². The summed E-state index contributed by atoms with van der Waals surface area (Å²) in [6.07, 6.45) is 1.60. The van der Waals surface area contributed by atoms with Crippen LogP contribution in [0.2, 0.25) is 0 Å². The number of benzene rings is 1. The molecule has 0 spiro atoms. The summed E-state index contributed by atoms with van der Waals surface area (Å²) in [6, 6.07) is 4.15. The quantitative estimate of drug-likeness (QED) is 0.757. The number of ether oxygens (including phenoxy) is 1. The maximum Gasteiger partial charge on any atom is 0.150 e. The molecular weight excluding hydrogens is 342 g/mol. The van der Waals surface area contributed by atoms with Gasteiger partial charge in [0, 0.05) is 28.8 Å². The van der Waals surface area contributed by atoms with Crippen LogP contribution in [-0.4, -0.2) is 33.1 Å². The Hall–Kier alpha value is -0.590. The molecule has 0 radical (unpaired) electrons. The lowest BCUT2D eigenvalue weighted by Gasteiger charge is -2.10. The zero-order chi connectivity index (χ0) is 14.6. The number of sulfone groups is 1. The summed E-state index contributed by atoms with van der Waals surface area (Å²) in [6.45, 7) is 3.83. The number of nitrogens with one attached hydrogen (secondary N) is 1. The average Bonchev–Trinajstić information content (AvgIpc) is 2.86. The molecule has 112 valence electrons. The molecule has 4 nitrogen and oxygen atoms in total. The van der Waals surface area contributed by atoms with Crippen LogP contribution in [0.25, 0.3) is 0 Å². The molecule has 1 aliphatic heterocycles. The van der Waals surface area contributed by atoms with E-state index in [0.29, 0.717) is 19.5 Å². The fourth-order valence-electron chi connectivity index (χ4n) is 2.26. The molecule has 0 saturated heterocycles. The van der Waals surface area contributed by atoms with Crippen LogP contribution in [0.1, 0.15) is 24.5 Å². The zero-order valence-electron chi connectivity index (χ0n) is 11.6. The van der Waals surface area contributed by atoms with Gasteiger partial charge in [0.2, 0.25) is 0 Å². The molecule has 0 aromatic heterocycles. The molecule has 0 unspecified atom stereocenters. The van der Waals surface area contributed by atoms with Crippen LogP contribution in [0, 0.1) is 0 Å². The highest BCUT2D eigenvalue weighted by atomic mass is 79.9. The molecule has 1 aromatic carbocycles. The van der Waals surface area contributed by atoms with Gasteiger partial charge in [-0.2, -0.15) is 0 Å². The van der Waals surface area contributed by atoms with E-state index in [-0.39, 0.29) is 11.5 Å². The molecule has 6 heteroatoms. The van der Waals surface area contributed by atoms with E-state index in [2.05, 4.69) is 33.4 Å². The molecule has 2 rings (SSSR count). The highest BCUT2D eigenvalue weighted by Gasteiger charge is 2.17. The number of rotatable bonds is 7. The lowest BCUT2D eigenvalue weighted by atomic mass is 10.1. The second-order valence-corrected chi connectivity index (χ2v) is 8.31. The third kappa shape index (κ3) is 4.20. The number of fused-ring (bicyclic) bond motifs is 1. The van der Waals surface area contributed by atoms with E-state index >= 15 is 0 Å². The predicted molar refractivity (Wildman–Crippen MR) is 84.0 cm³/mol. The van der Waals surface area contributed by atoms with Crippen molar-refractivity contribution in [2.75, 3.05) is 24.7 Å². The Morgan fingerprint density at radius 1 is 1.40 bits per heavy atom. The lowest BCUT2D eigenvalue weighted by Crippen LogP contribution is -2.19. The molecule has 1 aromatic rings. The van der Waals surface area contributed by atoms with Gasteiger partial charge in [0.25, 0.3) is 0 Å². The second kappa shape index (κ2) is 6.91. The van der Waals surface area contributed by atoms with Gasteiger partial charge < -0.3 is 10.1 Å². The highest BCUT2D eigenvalue weighted by molar-refractivity contribution is 9.10. The summed E-state index contributed by atoms with van der Waals surface area (Å²) in [5, 5.41) is 3.29. The average molecular weight is 362 g/mol. The van der Waals surface area contributed by atoms with Crippen LogP contribution in [0.5, 0.6) is 5.75 Å². The monoisotopic (exact) mass is 361 g/mol. The summed E-state index contributed by atoms with van der Waals surface area (Å²) >= 11 is 3.51. The fraction of sp³-hybridized carbons (Fsp3) is 0.571. The Kier molecular flexibility index (Phi) is 5.46.